The fourth-order valence-corrected chi connectivity index (χ4v) is 2.83. The first-order chi connectivity index (χ1) is 10.0. The van der Waals surface area contributed by atoms with Gasteiger partial charge in [-0.2, -0.15) is 0 Å². The van der Waals surface area contributed by atoms with Crippen molar-refractivity contribution in [2.45, 2.75) is 51.3 Å². The number of nitrogens with zero attached hydrogens (tertiary/aromatic N) is 1. The molecule has 1 heterocycles. The zero-order chi connectivity index (χ0) is 15.4. The predicted octanol–water partition coefficient (Wildman–Crippen LogP) is 3.97. The molecule has 0 aromatic heterocycles. The van der Waals surface area contributed by atoms with Crippen LogP contribution in [0.2, 0.25) is 0 Å². The number of carbonyl (C=O) groups is 2. The molecule has 1 aliphatic heterocycles. The van der Waals surface area contributed by atoms with E-state index in [0.29, 0.717) is 12.0 Å². The van der Waals surface area contributed by atoms with Crippen LogP contribution >= 0.6 is 11.6 Å². The molecule has 0 saturated heterocycles. The molecule has 0 spiro atoms. The van der Waals surface area contributed by atoms with Crippen LogP contribution in [0.15, 0.2) is 18.2 Å². The number of ketones is 1. The molecule has 1 atom stereocenters. The molecule has 1 amide bonds. The predicted molar refractivity (Wildman–Crippen MR) is 86.3 cm³/mol. The van der Waals surface area contributed by atoms with Crippen molar-refractivity contribution in [1.82, 2.24) is 0 Å². The summed E-state index contributed by atoms with van der Waals surface area (Å²) in [7, 11) is 0. The van der Waals surface area contributed by atoms with E-state index in [1.165, 1.54) is 0 Å². The Morgan fingerprint density at radius 3 is 2.81 bits per heavy atom. The molecule has 2 rings (SSSR count). The number of hydrogen-bond acceptors (Lipinski definition) is 2. The maximum absolute atomic E-state index is 12.3. The second-order valence-electron chi connectivity index (χ2n) is 5.58. The van der Waals surface area contributed by atoms with Crippen LogP contribution in [0.1, 0.15) is 55.5 Å². The van der Waals surface area contributed by atoms with Crippen LogP contribution in [0.25, 0.3) is 0 Å². The molecule has 114 valence electrons. The zero-order valence-corrected chi connectivity index (χ0v) is 13.4. The van der Waals surface area contributed by atoms with Crippen LogP contribution in [-0.4, -0.2) is 23.6 Å². The van der Waals surface area contributed by atoms with Crippen LogP contribution in [0.4, 0.5) is 5.69 Å². The second kappa shape index (κ2) is 7.08. The fourth-order valence-electron chi connectivity index (χ4n) is 2.70. The lowest BCUT2D eigenvalue weighted by molar-refractivity contribution is -0.118. The third-order valence-electron chi connectivity index (χ3n) is 3.89. The SMILES string of the molecule is CCCCC(=O)N1CCCc2cc(C(=O)C(C)Cl)ccc21. The lowest BCUT2D eigenvalue weighted by atomic mass is 9.96. The number of Topliss-reactive ketones (excluding diaryl/α,β-unsaturated/α-hetero) is 1. The molecule has 0 N–H and O–H groups in total. The van der Waals surface area contributed by atoms with Gasteiger partial charge in [0, 0.05) is 24.2 Å². The van der Waals surface area contributed by atoms with E-state index in [-0.39, 0.29) is 11.7 Å². The van der Waals surface area contributed by atoms with Crippen molar-refractivity contribution < 1.29 is 9.59 Å². The normalized spacial score (nSPS) is 15.5. The van der Waals surface area contributed by atoms with E-state index in [1.807, 2.05) is 17.0 Å². The third-order valence-corrected chi connectivity index (χ3v) is 4.09. The van der Waals surface area contributed by atoms with Gasteiger partial charge in [0.15, 0.2) is 5.78 Å². The monoisotopic (exact) mass is 307 g/mol. The molecular weight excluding hydrogens is 286 g/mol. The van der Waals surface area contributed by atoms with Crippen molar-refractivity contribution in [2.24, 2.45) is 0 Å². The number of aryl methyl sites for hydroxylation is 1. The van der Waals surface area contributed by atoms with Crippen molar-refractivity contribution in [2.75, 3.05) is 11.4 Å². The third kappa shape index (κ3) is 3.65. The number of alkyl halides is 1. The van der Waals surface area contributed by atoms with Gasteiger partial charge < -0.3 is 4.90 Å². The van der Waals surface area contributed by atoms with Crippen LogP contribution in [0.5, 0.6) is 0 Å². The summed E-state index contributed by atoms with van der Waals surface area (Å²) < 4.78 is 0. The van der Waals surface area contributed by atoms with Gasteiger partial charge in [-0.05, 0) is 49.9 Å². The van der Waals surface area contributed by atoms with Crippen molar-refractivity contribution in [3.8, 4) is 0 Å². The van der Waals surface area contributed by atoms with E-state index in [2.05, 4.69) is 6.92 Å². The van der Waals surface area contributed by atoms with Gasteiger partial charge in [-0.25, -0.2) is 0 Å². The van der Waals surface area contributed by atoms with E-state index in [9.17, 15) is 9.59 Å². The van der Waals surface area contributed by atoms with Gasteiger partial charge in [0.05, 0.1) is 5.38 Å². The Balaban J connectivity index is 2.24. The Bertz CT molecular complexity index is 540. The summed E-state index contributed by atoms with van der Waals surface area (Å²) in [4.78, 5) is 26.1. The summed E-state index contributed by atoms with van der Waals surface area (Å²) in [6.07, 6.45) is 4.39. The van der Waals surface area contributed by atoms with E-state index in [4.69, 9.17) is 11.6 Å². The van der Waals surface area contributed by atoms with E-state index < -0.39 is 5.38 Å². The molecule has 0 radical (unpaired) electrons. The largest absolute Gasteiger partial charge is 0.312 e. The van der Waals surface area contributed by atoms with Gasteiger partial charge in [-0.1, -0.05) is 13.3 Å². The molecule has 0 bridgehead atoms. The van der Waals surface area contributed by atoms with Crippen molar-refractivity contribution in [3.05, 3.63) is 29.3 Å². The molecule has 3 nitrogen and oxygen atoms in total. The topological polar surface area (TPSA) is 37.4 Å². The summed E-state index contributed by atoms with van der Waals surface area (Å²) in [5, 5.41) is -0.520. The Hall–Kier alpha value is -1.35. The molecule has 4 heteroatoms. The number of amides is 1. The number of fused-ring (bicyclic) bond motifs is 1. The van der Waals surface area contributed by atoms with Gasteiger partial charge in [0.1, 0.15) is 0 Å². The standard InChI is InChI=1S/C17H22ClNO2/c1-3-4-7-16(20)19-10-5-6-13-11-14(8-9-15(13)19)17(21)12(2)18/h8-9,11-12H,3-7,10H2,1-2H3. The maximum atomic E-state index is 12.3. The van der Waals surface area contributed by atoms with Gasteiger partial charge in [-0.15, -0.1) is 11.6 Å². The summed E-state index contributed by atoms with van der Waals surface area (Å²) in [6, 6.07) is 5.58. The van der Waals surface area contributed by atoms with Crippen molar-refractivity contribution >= 4 is 29.0 Å². The number of anilines is 1. The number of benzene rings is 1. The highest BCUT2D eigenvalue weighted by Gasteiger charge is 2.23. The average Bonchev–Trinajstić information content (AvgIpc) is 2.50. The fraction of sp³-hybridized carbons (Fsp3) is 0.529. The number of carbonyl (C=O) groups excluding carboxylic acids is 2. The highest BCUT2D eigenvalue weighted by Crippen LogP contribution is 2.29. The minimum absolute atomic E-state index is 0.0612. The van der Waals surface area contributed by atoms with Gasteiger partial charge in [0.2, 0.25) is 5.91 Å². The number of unbranched alkanes of at least 4 members (excludes halogenated alkanes) is 1. The first-order valence-electron chi connectivity index (χ1n) is 7.66. The minimum Gasteiger partial charge on any atom is -0.312 e. The van der Waals surface area contributed by atoms with E-state index in [1.54, 1.807) is 13.0 Å². The van der Waals surface area contributed by atoms with Crippen LogP contribution in [0, 0.1) is 0 Å². The second-order valence-corrected chi connectivity index (χ2v) is 6.23. The highest BCUT2D eigenvalue weighted by molar-refractivity contribution is 6.33. The van der Waals surface area contributed by atoms with Crippen LogP contribution in [-0.2, 0) is 11.2 Å². The average molecular weight is 308 g/mol. The summed E-state index contributed by atoms with van der Waals surface area (Å²) in [6.45, 7) is 4.54. The molecule has 1 aromatic rings. The number of rotatable bonds is 5. The van der Waals surface area contributed by atoms with Crippen molar-refractivity contribution in [1.29, 1.82) is 0 Å². The lowest BCUT2D eigenvalue weighted by Crippen LogP contribution is -2.35. The molecule has 1 aromatic carbocycles. The molecule has 1 unspecified atom stereocenters. The van der Waals surface area contributed by atoms with Crippen LogP contribution < -0.4 is 4.90 Å². The van der Waals surface area contributed by atoms with Gasteiger partial charge in [-0.3, -0.25) is 9.59 Å². The molecule has 21 heavy (non-hydrogen) atoms. The van der Waals surface area contributed by atoms with Crippen LogP contribution in [0.3, 0.4) is 0 Å². The smallest absolute Gasteiger partial charge is 0.226 e. The summed E-state index contributed by atoms with van der Waals surface area (Å²) in [5.41, 5.74) is 2.68. The maximum Gasteiger partial charge on any atom is 0.226 e. The first-order valence-corrected chi connectivity index (χ1v) is 8.09. The quantitative estimate of drug-likeness (QED) is 0.610. The number of hydrogen-bond donors (Lipinski definition) is 0. The number of halogens is 1. The molecule has 0 saturated carbocycles. The van der Waals surface area contributed by atoms with Gasteiger partial charge in [0.25, 0.3) is 0 Å². The Morgan fingerprint density at radius 1 is 1.38 bits per heavy atom. The summed E-state index contributed by atoms with van der Waals surface area (Å²) >= 11 is 5.87. The minimum atomic E-state index is -0.520. The molecule has 0 aliphatic carbocycles. The molecule has 1 aliphatic rings. The molecular formula is C17H22ClNO2. The summed E-state index contributed by atoms with van der Waals surface area (Å²) in [5.74, 6) is 0.122. The first kappa shape index (κ1) is 16.0. The Labute approximate surface area is 131 Å². The Kier molecular flexibility index (Phi) is 5.40. The van der Waals surface area contributed by atoms with E-state index >= 15 is 0 Å². The van der Waals surface area contributed by atoms with E-state index in [0.717, 1.165) is 43.5 Å². The van der Waals surface area contributed by atoms with Gasteiger partial charge >= 0.3 is 0 Å². The van der Waals surface area contributed by atoms with Crippen molar-refractivity contribution in [3.63, 3.8) is 0 Å². The lowest BCUT2D eigenvalue weighted by Gasteiger charge is -2.30. The molecule has 0 fully saturated rings. The Morgan fingerprint density at radius 2 is 2.14 bits per heavy atom. The highest BCUT2D eigenvalue weighted by atomic mass is 35.5. The zero-order valence-electron chi connectivity index (χ0n) is 12.7.